The molecule has 102 valence electrons. The van der Waals surface area contributed by atoms with E-state index in [1.165, 1.54) is 0 Å². The molecular weight excluding hydrogens is 355 g/mol. The Labute approximate surface area is 118 Å². The molecule has 0 radical (unpaired) electrons. The average Bonchev–Trinajstić information content (AvgIpc) is 2.17. The largest absolute Gasteiger partial charge is 0.751 e. The van der Waals surface area contributed by atoms with Crippen molar-refractivity contribution >= 4 is 37.6 Å². The Bertz CT molecular complexity index is 224. The molecule has 0 atom stereocenters. The molecule has 0 aromatic heterocycles. The fraction of sp³-hybridized carbons (Fsp3) is 0.900. The lowest BCUT2D eigenvalue weighted by Crippen LogP contribution is -2.52. The summed E-state index contributed by atoms with van der Waals surface area (Å²) in [5.74, 6) is -0.389. The Morgan fingerprint density at radius 2 is 1.41 bits per heavy atom. The van der Waals surface area contributed by atoms with Crippen LogP contribution in [0.5, 0.6) is 0 Å². The Morgan fingerprint density at radius 1 is 1.06 bits per heavy atom. The van der Waals surface area contributed by atoms with Crippen molar-refractivity contribution in [1.82, 2.24) is 0 Å². The number of halogens is 1. The number of rotatable bonds is 8. The Hall–Kier alpha value is 0.297. The van der Waals surface area contributed by atoms with Crippen LogP contribution < -0.4 is 0 Å². The van der Waals surface area contributed by atoms with E-state index in [4.69, 9.17) is 17.7 Å². The van der Waals surface area contributed by atoms with E-state index in [2.05, 4.69) is 0 Å². The second-order valence-corrected chi connectivity index (χ2v) is 8.43. The fourth-order valence-corrected chi connectivity index (χ4v) is 3.27. The highest BCUT2D eigenvalue weighted by Crippen LogP contribution is 2.22. The van der Waals surface area contributed by atoms with Crippen molar-refractivity contribution in [2.24, 2.45) is 0 Å². The molecule has 5 nitrogen and oxygen atoms in total. The summed E-state index contributed by atoms with van der Waals surface area (Å²) in [4.78, 5) is 11.9. The van der Waals surface area contributed by atoms with E-state index in [0.717, 1.165) is 0 Å². The molecule has 0 bridgehead atoms. The number of alkyl halides is 1. The Morgan fingerprint density at radius 3 is 1.65 bits per heavy atom. The van der Waals surface area contributed by atoms with Crippen LogP contribution in [0.15, 0.2) is 0 Å². The highest BCUT2D eigenvalue weighted by Gasteiger charge is 2.51. The maximum absolute atomic E-state index is 11.9. The van der Waals surface area contributed by atoms with Crippen molar-refractivity contribution in [2.45, 2.75) is 38.0 Å². The van der Waals surface area contributed by atoms with Gasteiger partial charge in [0.2, 0.25) is 0 Å². The van der Waals surface area contributed by atoms with Crippen LogP contribution in [-0.2, 0) is 22.5 Å². The third-order valence-corrected chi connectivity index (χ3v) is 4.47. The highest BCUT2D eigenvalue weighted by molar-refractivity contribution is 14.1. The molecule has 0 aromatic rings. The lowest BCUT2D eigenvalue weighted by atomic mass is 10.2. The molecule has 7 heteroatoms. The van der Waals surface area contributed by atoms with Gasteiger partial charge in [0.15, 0.2) is 0 Å². The van der Waals surface area contributed by atoms with Crippen LogP contribution in [0.25, 0.3) is 0 Å². The average molecular weight is 376 g/mol. The van der Waals surface area contributed by atoms with Gasteiger partial charge in [-0.05, 0) is 34.6 Å². The van der Waals surface area contributed by atoms with Crippen molar-refractivity contribution in [3.05, 3.63) is 0 Å². The molecule has 0 aromatic carbocycles. The summed E-state index contributed by atoms with van der Waals surface area (Å²) in [6, 6.07) is 0. The third-order valence-electron chi connectivity index (χ3n) is 1.67. The smallest absolute Gasteiger partial charge is 0.451 e. The van der Waals surface area contributed by atoms with E-state index in [9.17, 15) is 4.79 Å². The first-order chi connectivity index (χ1) is 7.81. The second-order valence-electron chi connectivity index (χ2n) is 3.66. The summed E-state index contributed by atoms with van der Waals surface area (Å²) in [5.41, 5.74) is 0. The van der Waals surface area contributed by atoms with E-state index in [0.29, 0.717) is 19.8 Å². The molecule has 0 amide bonds. The molecule has 0 saturated heterocycles. The van der Waals surface area contributed by atoms with Gasteiger partial charge >= 0.3 is 15.0 Å². The molecule has 0 unspecified atom stereocenters. The molecule has 0 aliphatic heterocycles. The predicted molar refractivity (Wildman–Crippen MR) is 74.8 cm³/mol. The van der Waals surface area contributed by atoms with Crippen LogP contribution in [0.3, 0.4) is 0 Å². The number of hydrogen-bond acceptors (Lipinski definition) is 5. The summed E-state index contributed by atoms with van der Waals surface area (Å²) in [5, 5.41) is 0. The molecule has 0 spiro atoms. The summed E-state index contributed by atoms with van der Waals surface area (Å²) in [6.45, 7) is 10.1. The zero-order valence-corrected chi connectivity index (χ0v) is 14.2. The second kappa shape index (κ2) is 7.67. The standard InChI is InChI=1S/C10H21IO5Si/c1-6-13-17(14-7-2,15-8-3)16-9(12)10(4,5)11/h6-8H2,1-5H3. The molecule has 17 heavy (non-hydrogen) atoms. The minimum atomic E-state index is -3.32. The van der Waals surface area contributed by atoms with Gasteiger partial charge in [-0.25, -0.2) is 0 Å². The van der Waals surface area contributed by atoms with Gasteiger partial charge in [-0.1, -0.05) is 22.6 Å². The van der Waals surface area contributed by atoms with Gasteiger partial charge in [-0.15, -0.1) is 0 Å². The van der Waals surface area contributed by atoms with Crippen LogP contribution in [0.1, 0.15) is 34.6 Å². The van der Waals surface area contributed by atoms with Crippen LogP contribution in [0.4, 0.5) is 0 Å². The first-order valence-electron chi connectivity index (χ1n) is 5.65. The van der Waals surface area contributed by atoms with E-state index in [1.807, 2.05) is 43.4 Å². The lowest BCUT2D eigenvalue weighted by molar-refractivity contribution is -0.146. The molecule has 0 rings (SSSR count). The molecule has 0 aliphatic rings. The summed E-state index contributed by atoms with van der Waals surface area (Å²) < 4.78 is 21.0. The number of carbonyl (C=O) groups is 1. The lowest BCUT2D eigenvalue weighted by Gasteiger charge is -2.28. The Balaban J connectivity index is 4.82. The van der Waals surface area contributed by atoms with Crippen molar-refractivity contribution in [3.8, 4) is 0 Å². The van der Waals surface area contributed by atoms with Crippen molar-refractivity contribution in [2.75, 3.05) is 19.8 Å². The molecule has 0 saturated carbocycles. The maximum Gasteiger partial charge on any atom is 0.751 e. The van der Waals surface area contributed by atoms with Crippen LogP contribution >= 0.6 is 22.6 Å². The summed E-state index contributed by atoms with van der Waals surface area (Å²) >= 11 is 2.01. The first-order valence-corrected chi connectivity index (χ1v) is 8.36. The maximum atomic E-state index is 11.9. The fourth-order valence-electron chi connectivity index (χ4n) is 0.979. The van der Waals surface area contributed by atoms with Gasteiger partial charge < -0.3 is 17.7 Å². The minimum absolute atomic E-state index is 0.376. The van der Waals surface area contributed by atoms with Crippen molar-refractivity contribution in [1.29, 1.82) is 0 Å². The highest BCUT2D eigenvalue weighted by atomic mass is 127. The zero-order chi connectivity index (χ0) is 13.5. The van der Waals surface area contributed by atoms with Gasteiger partial charge in [-0.2, -0.15) is 0 Å². The first kappa shape index (κ1) is 17.3. The van der Waals surface area contributed by atoms with Crippen LogP contribution in [0.2, 0.25) is 0 Å². The SMILES string of the molecule is CCO[Si](OCC)(OCC)OC(=O)C(C)(C)I. The molecule has 0 fully saturated rings. The van der Waals surface area contributed by atoms with Crippen LogP contribution in [0, 0.1) is 0 Å². The quantitative estimate of drug-likeness (QED) is 0.370. The van der Waals surface area contributed by atoms with Gasteiger partial charge in [0.25, 0.3) is 0 Å². The van der Waals surface area contributed by atoms with Crippen molar-refractivity contribution < 1.29 is 22.5 Å². The number of hydrogen-bond donors (Lipinski definition) is 0. The molecule has 0 aliphatic carbocycles. The zero-order valence-electron chi connectivity index (χ0n) is 11.0. The molecular formula is C10H21IO5Si. The topological polar surface area (TPSA) is 54.0 Å². The van der Waals surface area contributed by atoms with E-state index < -0.39 is 12.5 Å². The van der Waals surface area contributed by atoms with Gasteiger partial charge in [0.1, 0.15) is 3.42 Å². The predicted octanol–water partition coefficient (Wildman–Crippen LogP) is 2.29. The van der Waals surface area contributed by atoms with Gasteiger partial charge in [0, 0.05) is 19.8 Å². The molecule has 0 heterocycles. The molecule has 0 N–H and O–H groups in total. The normalized spacial score (nSPS) is 12.6. The third kappa shape index (κ3) is 6.14. The van der Waals surface area contributed by atoms with Gasteiger partial charge in [-0.3, -0.25) is 4.79 Å². The Kier molecular flexibility index (Phi) is 7.80. The van der Waals surface area contributed by atoms with Crippen LogP contribution in [-0.4, -0.2) is 38.3 Å². The van der Waals surface area contributed by atoms with E-state index in [-0.39, 0.29) is 5.97 Å². The number of carbonyl (C=O) groups excluding carboxylic acids is 1. The summed E-state index contributed by atoms with van der Waals surface area (Å²) in [6.07, 6.45) is 0. The van der Waals surface area contributed by atoms with Gasteiger partial charge in [0.05, 0.1) is 0 Å². The summed E-state index contributed by atoms with van der Waals surface area (Å²) in [7, 11) is -3.32. The van der Waals surface area contributed by atoms with Crippen molar-refractivity contribution in [3.63, 3.8) is 0 Å². The monoisotopic (exact) mass is 376 g/mol. The van der Waals surface area contributed by atoms with E-state index in [1.54, 1.807) is 13.8 Å². The van der Waals surface area contributed by atoms with E-state index >= 15 is 0 Å². The minimum Gasteiger partial charge on any atom is -0.451 e.